The summed E-state index contributed by atoms with van der Waals surface area (Å²) in [6.45, 7) is 2.44. The number of hydrogen-bond acceptors (Lipinski definition) is 4. The number of nitrogens with zero attached hydrogens (tertiary/aromatic N) is 3. The third-order valence-corrected chi connectivity index (χ3v) is 4.34. The summed E-state index contributed by atoms with van der Waals surface area (Å²) < 4.78 is 21.2. The molecule has 0 atom stereocenters. The normalized spacial score (nSPS) is 17.8. The summed E-state index contributed by atoms with van der Waals surface area (Å²) in [5.74, 6) is -0.530. The minimum atomic E-state index is -0.295. The first kappa shape index (κ1) is 15.1. The second-order valence-corrected chi connectivity index (χ2v) is 6.16. The lowest BCUT2D eigenvalue weighted by Gasteiger charge is -2.29. The first-order valence-corrected chi connectivity index (χ1v) is 8.18. The second-order valence-electron chi connectivity index (χ2n) is 6.16. The van der Waals surface area contributed by atoms with Crippen LogP contribution in [0.4, 0.5) is 15.8 Å². The molecule has 0 spiro atoms. The fourth-order valence-electron chi connectivity index (χ4n) is 2.83. The van der Waals surface area contributed by atoms with Crippen LogP contribution in [0.5, 0.6) is 0 Å². The summed E-state index contributed by atoms with van der Waals surface area (Å²) >= 11 is 0. The number of aromatic nitrogens is 2. The van der Waals surface area contributed by atoms with Gasteiger partial charge < -0.3 is 15.0 Å². The van der Waals surface area contributed by atoms with E-state index in [1.165, 1.54) is 6.07 Å². The van der Waals surface area contributed by atoms with Crippen LogP contribution in [-0.4, -0.2) is 42.0 Å². The number of ether oxygens (including phenoxy) is 1. The number of carbonyl (C=O) groups excluding carboxylic acids is 1. The number of amides is 1. The highest BCUT2D eigenvalue weighted by atomic mass is 19.1. The number of hydrogen-bond donors (Lipinski definition) is 1. The highest BCUT2D eigenvalue weighted by Crippen LogP contribution is 2.34. The Morgan fingerprint density at radius 1 is 1.29 bits per heavy atom. The van der Waals surface area contributed by atoms with E-state index in [1.807, 2.05) is 9.58 Å². The van der Waals surface area contributed by atoms with Gasteiger partial charge in [-0.3, -0.25) is 9.48 Å². The molecular weight excluding hydrogens is 311 g/mol. The highest BCUT2D eigenvalue weighted by molar-refractivity contribution is 6.04. The molecule has 126 valence electrons. The van der Waals surface area contributed by atoms with Crippen molar-refractivity contribution >= 4 is 17.3 Å². The van der Waals surface area contributed by atoms with Crippen LogP contribution in [0, 0.1) is 5.82 Å². The average Bonchev–Trinajstić information content (AvgIpc) is 3.34. The van der Waals surface area contributed by atoms with Crippen LogP contribution >= 0.6 is 0 Å². The van der Waals surface area contributed by atoms with Crippen molar-refractivity contribution in [2.45, 2.75) is 18.9 Å². The summed E-state index contributed by atoms with van der Waals surface area (Å²) in [6.07, 6.45) is 5.56. The number of rotatable bonds is 4. The van der Waals surface area contributed by atoms with E-state index in [4.69, 9.17) is 4.74 Å². The van der Waals surface area contributed by atoms with Crippen LogP contribution in [0.3, 0.4) is 0 Å². The SMILES string of the molecule is O=C(Nc1ccc(F)c(N2CCOCC2)c1)c1cnn(C2CC2)c1. The molecule has 7 heteroatoms. The van der Waals surface area contributed by atoms with Gasteiger partial charge in [0.1, 0.15) is 5.82 Å². The van der Waals surface area contributed by atoms with E-state index in [0.717, 1.165) is 12.8 Å². The van der Waals surface area contributed by atoms with Gasteiger partial charge in [-0.25, -0.2) is 4.39 Å². The molecule has 24 heavy (non-hydrogen) atoms. The lowest BCUT2D eigenvalue weighted by Crippen LogP contribution is -2.36. The lowest BCUT2D eigenvalue weighted by atomic mass is 10.2. The number of morpholine rings is 1. The number of halogens is 1. The molecule has 2 fully saturated rings. The van der Waals surface area contributed by atoms with Gasteiger partial charge in [0.2, 0.25) is 0 Å². The van der Waals surface area contributed by atoms with Crippen molar-refractivity contribution in [3.63, 3.8) is 0 Å². The van der Waals surface area contributed by atoms with Crippen molar-refractivity contribution in [3.8, 4) is 0 Å². The minimum absolute atomic E-state index is 0.235. The van der Waals surface area contributed by atoms with Crippen LogP contribution in [0.15, 0.2) is 30.6 Å². The zero-order chi connectivity index (χ0) is 16.5. The summed E-state index contributed by atoms with van der Waals surface area (Å²) in [5.41, 5.74) is 1.57. The van der Waals surface area contributed by atoms with Crippen molar-refractivity contribution in [1.82, 2.24) is 9.78 Å². The number of benzene rings is 1. The molecule has 2 heterocycles. The number of anilines is 2. The third-order valence-electron chi connectivity index (χ3n) is 4.34. The van der Waals surface area contributed by atoms with Gasteiger partial charge in [0.25, 0.3) is 5.91 Å². The molecule has 1 amide bonds. The fourth-order valence-corrected chi connectivity index (χ4v) is 2.83. The molecule has 0 bridgehead atoms. The first-order valence-electron chi connectivity index (χ1n) is 8.18. The predicted octanol–water partition coefficient (Wildman–Crippen LogP) is 2.45. The van der Waals surface area contributed by atoms with Crippen LogP contribution in [0.1, 0.15) is 29.2 Å². The maximum absolute atomic E-state index is 14.1. The van der Waals surface area contributed by atoms with Gasteiger partial charge in [0, 0.05) is 25.0 Å². The smallest absolute Gasteiger partial charge is 0.258 e. The molecule has 1 saturated carbocycles. The van der Waals surface area contributed by atoms with Crippen molar-refractivity contribution in [3.05, 3.63) is 42.0 Å². The Labute approximate surface area is 139 Å². The van der Waals surface area contributed by atoms with Crippen molar-refractivity contribution in [1.29, 1.82) is 0 Å². The Morgan fingerprint density at radius 2 is 2.08 bits per heavy atom. The molecule has 0 unspecified atom stereocenters. The molecule has 4 rings (SSSR count). The van der Waals surface area contributed by atoms with Crippen molar-refractivity contribution in [2.75, 3.05) is 36.5 Å². The molecule has 1 N–H and O–H groups in total. The van der Waals surface area contributed by atoms with E-state index >= 15 is 0 Å². The fraction of sp³-hybridized carbons (Fsp3) is 0.412. The van der Waals surface area contributed by atoms with Crippen LogP contribution < -0.4 is 10.2 Å². The highest BCUT2D eigenvalue weighted by Gasteiger charge is 2.25. The topological polar surface area (TPSA) is 59.4 Å². The van der Waals surface area contributed by atoms with Crippen molar-refractivity contribution < 1.29 is 13.9 Å². The van der Waals surface area contributed by atoms with Gasteiger partial charge in [-0.2, -0.15) is 5.10 Å². The molecule has 2 aromatic rings. The molecular formula is C17H19FN4O2. The third kappa shape index (κ3) is 3.12. The van der Waals surface area contributed by atoms with Gasteiger partial charge in [-0.1, -0.05) is 0 Å². The van der Waals surface area contributed by atoms with E-state index < -0.39 is 0 Å². The minimum Gasteiger partial charge on any atom is -0.378 e. The summed E-state index contributed by atoms with van der Waals surface area (Å²) in [5, 5.41) is 7.04. The van der Waals surface area contributed by atoms with Gasteiger partial charge in [-0.05, 0) is 31.0 Å². The van der Waals surface area contributed by atoms with Crippen LogP contribution in [-0.2, 0) is 4.74 Å². The van der Waals surface area contributed by atoms with E-state index in [-0.39, 0.29) is 11.7 Å². The number of carbonyl (C=O) groups is 1. The molecule has 1 saturated heterocycles. The van der Waals surface area contributed by atoms with E-state index in [2.05, 4.69) is 10.4 Å². The van der Waals surface area contributed by atoms with Crippen molar-refractivity contribution in [2.24, 2.45) is 0 Å². The summed E-state index contributed by atoms with van der Waals surface area (Å²) in [6, 6.07) is 5.06. The average molecular weight is 330 g/mol. The molecule has 1 aromatic heterocycles. The van der Waals surface area contributed by atoms with Gasteiger partial charge >= 0.3 is 0 Å². The van der Waals surface area contributed by atoms with E-state index in [0.29, 0.717) is 49.3 Å². The molecule has 0 radical (unpaired) electrons. The molecule has 2 aliphatic rings. The number of nitrogens with one attached hydrogen (secondary N) is 1. The maximum Gasteiger partial charge on any atom is 0.258 e. The van der Waals surface area contributed by atoms with E-state index in [1.54, 1.807) is 24.5 Å². The maximum atomic E-state index is 14.1. The largest absolute Gasteiger partial charge is 0.378 e. The van der Waals surface area contributed by atoms with Gasteiger partial charge in [0.15, 0.2) is 0 Å². The predicted molar refractivity (Wildman–Crippen MR) is 87.9 cm³/mol. The monoisotopic (exact) mass is 330 g/mol. The Hall–Kier alpha value is -2.41. The Balaban J connectivity index is 1.49. The molecule has 6 nitrogen and oxygen atoms in total. The van der Waals surface area contributed by atoms with Crippen LogP contribution in [0.25, 0.3) is 0 Å². The quantitative estimate of drug-likeness (QED) is 0.935. The Kier molecular flexibility index (Phi) is 3.93. The molecule has 1 aliphatic carbocycles. The first-order chi connectivity index (χ1) is 11.7. The van der Waals surface area contributed by atoms with Gasteiger partial charge in [0.05, 0.1) is 36.7 Å². The van der Waals surface area contributed by atoms with E-state index in [9.17, 15) is 9.18 Å². The summed E-state index contributed by atoms with van der Waals surface area (Å²) in [4.78, 5) is 14.3. The zero-order valence-electron chi connectivity index (χ0n) is 13.2. The van der Waals surface area contributed by atoms with Crippen LogP contribution in [0.2, 0.25) is 0 Å². The second kappa shape index (κ2) is 6.24. The summed E-state index contributed by atoms with van der Waals surface area (Å²) in [7, 11) is 0. The molecule has 1 aliphatic heterocycles. The van der Waals surface area contributed by atoms with Gasteiger partial charge in [-0.15, -0.1) is 0 Å². The Morgan fingerprint density at radius 3 is 2.83 bits per heavy atom. The standard InChI is InChI=1S/C17H19FN4O2/c18-15-4-1-13(9-16(15)21-5-7-24-8-6-21)20-17(23)12-10-19-22(11-12)14-2-3-14/h1,4,9-11,14H,2-3,5-8H2,(H,20,23). The lowest BCUT2D eigenvalue weighted by molar-refractivity contribution is 0.102. The Bertz CT molecular complexity index is 751. The molecule has 1 aromatic carbocycles. The zero-order valence-corrected chi connectivity index (χ0v) is 13.2.